The van der Waals surface area contributed by atoms with Gasteiger partial charge in [0.15, 0.2) is 11.7 Å². The van der Waals surface area contributed by atoms with Crippen LogP contribution in [0.3, 0.4) is 0 Å². The monoisotopic (exact) mass is 482 g/mol. The Morgan fingerprint density at radius 2 is 1.67 bits per heavy atom. The summed E-state index contributed by atoms with van der Waals surface area (Å²) in [4.78, 5) is 15.7. The van der Waals surface area contributed by atoms with Crippen molar-refractivity contribution >= 4 is 16.1 Å². The second-order valence-corrected chi connectivity index (χ2v) is 11.4. The number of piperazine rings is 1. The van der Waals surface area contributed by atoms with E-state index in [-0.39, 0.29) is 12.0 Å². The van der Waals surface area contributed by atoms with Crippen molar-refractivity contribution < 1.29 is 32.1 Å². The molecule has 1 saturated carbocycles. The predicted octanol–water partition coefficient (Wildman–Crippen LogP) is 1.69. The molecule has 1 aromatic rings. The second-order valence-electron chi connectivity index (χ2n) is 9.99. The highest BCUT2D eigenvalue weighted by Crippen LogP contribution is 2.41. The Labute approximate surface area is 197 Å². The van der Waals surface area contributed by atoms with Crippen LogP contribution in [0, 0.1) is 5.92 Å². The molecule has 2 saturated heterocycles. The molecule has 1 N–H and O–H groups in total. The third-order valence-electron chi connectivity index (χ3n) is 7.42. The standard InChI is InChI=1S/C23H35N2O3.CH4O3S/c1-24-13-16-25(17-14-24)15-12-21(18-25)28-22(26)23(27,19-8-4-2-5-9-19)20-10-6-3-7-11-20;1-5(2,3)4/h2,4-5,8-9,20-21,27H,3,6-7,10-18H2,1H3;1H3,(H,2,3,4)/q+1;/p-1. The van der Waals surface area contributed by atoms with E-state index in [4.69, 9.17) is 17.7 Å². The summed E-state index contributed by atoms with van der Waals surface area (Å²) in [5.74, 6) is -0.478. The first-order chi connectivity index (χ1) is 15.5. The normalized spacial score (nSPS) is 25.6. The van der Waals surface area contributed by atoms with Gasteiger partial charge in [-0.2, -0.15) is 0 Å². The Hall–Kier alpha value is -1.52. The van der Waals surface area contributed by atoms with E-state index < -0.39 is 21.7 Å². The molecule has 2 aliphatic heterocycles. The molecule has 0 aromatic heterocycles. The molecular formula is C24H38N2O6S. The lowest BCUT2D eigenvalue weighted by atomic mass is 9.73. The van der Waals surface area contributed by atoms with Gasteiger partial charge in [-0.3, -0.25) is 4.90 Å². The van der Waals surface area contributed by atoms with Crippen LogP contribution in [0.15, 0.2) is 30.3 Å². The highest BCUT2D eigenvalue weighted by molar-refractivity contribution is 7.84. The van der Waals surface area contributed by atoms with E-state index in [1.807, 2.05) is 30.3 Å². The molecule has 0 amide bonds. The van der Waals surface area contributed by atoms with E-state index in [9.17, 15) is 9.90 Å². The molecule has 8 nitrogen and oxygen atoms in total. The van der Waals surface area contributed by atoms with Gasteiger partial charge in [-0.05, 0) is 25.5 Å². The highest BCUT2D eigenvalue weighted by atomic mass is 32.2. The smallest absolute Gasteiger partial charge is 0.343 e. The van der Waals surface area contributed by atoms with Crippen LogP contribution in [-0.4, -0.2) is 92.1 Å². The summed E-state index contributed by atoms with van der Waals surface area (Å²) in [5, 5.41) is 11.7. The summed E-state index contributed by atoms with van der Waals surface area (Å²) < 4.78 is 34.3. The van der Waals surface area contributed by atoms with Crippen molar-refractivity contribution in [3.63, 3.8) is 0 Å². The Bertz CT molecular complexity index is 871. The fourth-order valence-corrected chi connectivity index (χ4v) is 5.50. The minimum absolute atomic E-state index is 0.0515. The number of hydrogen-bond donors (Lipinski definition) is 1. The number of rotatable bonds is 4. The van der Waals surface area contributed by atoms with Gasteiger partial charge in [0.05, 0.1) is 29.8 Å². The molecule has 0 bridgehead atoms. The van der Waals surface area contributed by atoms with Crippen LogP contribution >= 0.6 is 0 Å². The van der Waals surface area contributed by atoms with Gasteiger partial charge in [-0.1, -0.05) is 49.6 Å². The van der Waals surface area contributed by atoms with E-state index in [0.29, 0.717) is 11.8 Å². The Kier molecular flexibility index (Phi) is 8.55. The number of likely N-dealkylation sites (N-methyl/N-ethyl adjacent to an activating group) is 1. The maximum atomic E-state index is 13.4. The molecule has 4 rings (SSSR count). The second kappa shape index (κ2) is 10.8. The van der Waals surface area contributed by atoms with E-state index >= 15 is 0 Å². The van der Waals surface area contributed by atoms with Gasteiger partial charge in [-0.15, -0.1) is 0 Å². The highest BCUT2D eigenvalue weighted by Gasteiger charge is 2.50. The molecule has 2 atom stereocenters. The van der Waals surface area contributed by atoms with E-state index in [2.05, 4.69) is 11.9 Å². The van der Waals surface area contributed by atoms with Crippen LogP contribution in [0.25, 0.3) is 0 Å². The number of nitrogens with zero attached hydrogens (tertiary/aromatic N) is 2. The van der Waals surface area contributed by atoms with Gasteiger partial charge in [0.1, 0.15) is 6.54 Å². The first kappa shape index (κ1) is 26.1. The van der Waals surface area contributed by atoms with Crippen molar-refractivity contribution in [2.45, 2.75) is 50.2 Å². The van der Waals surface area contributed by atoms with Crippen LogP contribution in [0.2, 0.25) is 0 Å². The SMILES string of the molecule is CN1CC[N+]2(CCC(OC(=O)C(O)(c3ccccc3)C3CCCCC3)C2)CC1.CS(=O)(=O)[O-]. The molecule has 3 aliphatic rings. The summed E-state index contributed by atoms with van der Waals surface area (Å²) in [6.45, 7) is 6.47. The molecule has 33 heavy (non-hydrogen) atoms. The van der Waals surface area contributed by atoms with Gasteiger partial charge < -0.3 is 18.9 Å². The average Bonchev–Trinajstić information content (AvgIpc) is 3.17. The Morgan fingerprint density at radius 3 is 2.24 bits per heavy atom. The van der Waals surface area contributed by atoms with Crippen LogP contribution < -0.4 is 0 Å². The molecule has 3 fully saturated rings. The zero-order chi connectivity index (χ0) is 24.1. The number of esters is 1. The molecule has 1 aromatic carbocycles. The van der Waals surface area contributed by atoms with Gasteiger partial charge >= 0.3 is 5.97 Å². The van der Waals surface area contributed by atoms with Crippen molar-refractivity contribution in [2.24, 2.45) is 5.92 Å². The summed E-state index contributed by atoms with van der Waals surface area (Å²) in [7, 11) is -1.74. The van der Waals surface area contributed by atoms with Crippen molar-refractivity contribution in [3.05, 3.63) is 35.9 Å². The zero-order valence-corrected chi connectivity index (χ0v) is 20.6. The van der Waals surface area contributed by atoms with Crippen molar-refractivity contribution in [1.82, 2.24) is 4.90 Å². The Morgan fingerprint density at radius 1 is 1.09 bits per heavy atom. The summed E-state index contributed by atoms with van der Waals surface area (Å²) in [6.07, 6.45) is 6.55. The minimum Gasteiger partial charge on any atom is -0.748 e. The molecule has 1 aliphatic carbocycles. The number of aliphatic hydroxyl groups is 1. The van der Waals surface area contributed by atoms with Crippen LogP contribution in [0.1, 0.15) is 44.1 Å². The topological polar surface area (TPSA) is 107 Å². The molecule has 186 valence electrons. The summed E-state index contributed by atoms with van der Waals surface area (Å²) >= 11 is 0. The number of hydrogen-bond acceptors (Lipinski definition) is 7. The maximum absolute atomic E-state index is 13.4. The third-order valence-corrected chi connectivity index (χ3v) is 7.42. The lowest BCUT2D eigenvalue weighted by Crippen LogP contribution is -2.58. The fraction of sp³-hybridized carbons (Fsp3) is 0.708. The Balaban J connectivity index is 0.000000555. The molecule has 2 heterocycles. The average molecular weight is 483 g/mol. The van der Waals surface area contributed by atoms with Gasteiger partial charge in [0.2, 0.25) is 0 Å². The third kappa shape index (κ3) is 6.99. The van der Waals surface area contributed by atoms with Crippen molar-refractivity contribution in [1.29, 1.82) is 0 Å². The molecule has 1 spiro atoms. The molecule has 0 radical (unpaired) electrons. The molecule has 2 unspecified atom stereocenters. The molecular weight excluding hydrogens is 444 g/mol. The number of ether oxygens (including phenoxy) is 1. The zero-order valence-electron chi connectivity index (χ0n) is 19.8. The van der Waals surface area contributed by atoms with E-state index in [1.54, 1.807) is 0 Å². The number of carbonyl (C=O) groups excluding carboxylic acids is 1. The van der Waals surface area contributed by atoms with Gasteiger partial charge in [0.25, 0.3) is 0 Å². The number of carbonyl (C=O) groups is 1. The van der Waals surface area contributed by atoms with E-state index in [1.165, 1.54) is 6.42 Å². The molecule has 9 heteroatoms. The van der Waals surface area contributed by atoms with Crippen molar-refractivity contribution in [2.75, 3.05) is 52.6 Å². The number of benzene rings is 1. The van der Waals surface area contributed by atoms with Gasteiger partial charge in [-0.25, -0.2) is 13.2 Å². The van der Waals surface area contributed by atoms with Crippen LogP contribution in [0.5, 0.6) is 0 Å². The van der Waals surface area contributed by atoms with Gasteiger partial charge in [0, 0.05) is 31.7 Å². The maximum Gasteiger partial charge on any atom is 0.343 e. The quantitative estimate of drug-likeness (QED) is 0.395. The fourth-order valence-electron chi connectivity index (χ4n) is 5.50. The largest absolute Gasteiger partial charge is 0.748 e. The van der Waals surface area contributed by atoms with E-state index in [0.717, 1.165) is 75.9 Å². The van der Waals surface area contributed by atoms with Crippen molar-refractivity contribution in [3.8, 4) is 0 Å². The minimum atomic E-state index is -3.92. The lowest BCUT2D eigenvalue weighted by molar-refractivity contribution is -0.921. The first-order valence-corrected chi connectivity index (χ1v) is 13.8. The van der Waals surface area contributed by atoms with Crippen LogP contribution in [0.4, 0.5) is 0 Å². The summed E-state index contributed by atoms with van der Waals surface area (Å²) in [6, 6.07) is 9.47. The number of quaternary nitrogens is 1. The van der Waals surface area contributed by atoms with Crippen LogP contribution in [-0.2, 0) is 25.3 Å². The summed E-state index contributed by atoms with van der Waals surface area (Å²) in [5.41, 5.74) is -0.828. The lowest BCUT2D eigenvalue weighted by Gasteiger charge is -2.41. The predicted molar refractivity (Wildman–Crippen MR) is 124 cm³/mol. The first-order valence-electron chi connectivity index (χ1n) is 12.0.